The quantitative estimate of drug-likeness (QED) is 0.785. The molecule has 1 heterocycles. The van der Waals surface area contributed by atoms with E-state index in [0.29, 0.717) is 6.07 Å². The Morgan fingerprint density at radius 3 is 2.53 bits per heavy atom. The molecule has 0 N–H and O–H groups in total. The zero-order valence-corrected chi connectivity index (χ0v) is 10.1. The Hall–Kier alpha value is -1.82. The number of alkyl halides is 3. The fourth-order valence-corrected chi connectivity index (χ4v) is 1.88. The third-order valence-corrected chi connectivity index (χ3v) is 2.85. The lowest BCUT2D eigenvalue weighted by Crippen LogP contribution is -2.29. The van der Waals surface area contributed by atoms with Crippen LogP contribution in [0.1, 0.15) is 15.9 Å². The molecular formula is C12H7ClF3NO2. The summed E-state index contributed by atoms with van der Waals surface area (Å²) in [5.74, 6) is -1.80. The van der Waals surface area contributed by atoms with Crippen molar-refractivity contribution in [2.45, 2.75) is 6.18 Å². The molecule has 1 aliphatic rings. The molecule has 0 spiro atoms. The normalized spacial score (nSPS) is 15.5. The predicted molar refractivity (Wildman–Crippen MR) is 63.1 cm³/mol. The lowest BCUT2D eigenvalue weighted by Gasteiger charge is -2.14. The highest BCUT2D eigenvalue weighted by Crippen LogP contribution is 2.35. The fourth-order valence-electron chi connectivity index (χ4n) is 1.80. The number of hydrogen-bond donors (Lipinski definition) is 0. The van der Waals surface area contributed by atoms with Gasteiger partial charge in [0.2, 0.25) is 0 Å². The topological polar surface area (TPSA) is 37.4 Å². The largest absolute Gasteiger partial charge is 0.416 e. The number of nitrogens with zero attached hydrogens (tertiary/aromatic N) is 1. The van der Waals surface area contributed by atoms with E-state index in [1.165, 1.54) is 11.6 Å². The number of Topliss-reactive ketones (excluding diaryl/α,β-unsaturated/α-hetero) is 1. The average molecular weight is 290 g/mol. The second kappa shape index (κ2) is 4.70. The number of fused-ring (bicyclic) bond motifs is 1. The molecule has 1 aromatic rings. The number of halogens is 4. The number of carbonyl (C=O) groups excluding carboxylic acids is 2. The van der Waals surface area contributed by atoms with Crippen molar-refractivity contribution in [1.82, 2.24) is 0 Å². The minimum atomic E-state index is -4.55. The monoisotopic (exact) mass is 289 g/mol. The first-order valence-electron chi connectivity index (χ1n) is 5.19. The third-order valence-electron chi connectivity index (χ3n) is 2.68. The van der Waals surface area contributed by atoms with Crippen molar-refractivity contribution < 1.29 is 22.8 Å². The highest BCUT2D eigenvalue weighted by atomic mass is 35.5. The molecule has 0 fully saturated rings. The SMILES string of the molecule is O=C1C(=O)N(C/C=C/Cl)c2ccc(C(F)(F)F)cc21. The lowest BCUT2D eigenvalue weighted by atomic mass is 10.1. The standard InChI is InChI=1S/C12H7ClF3NO2/c13-4-1-5-17-9-3-2-7(12(14,15)16)6-8(9)10(18)11(17)19/h1-4,6H,5H2/b4-1+. The number of carbonyl (C=O) groups is 2. The maximum Gasteiger partial charge on any atom is 0.416 e. The highest BCUT2D eigenvalue weighted by Gasteiger charge is 2.38. The first-order chi connectivity index (χ1) is 8.86. The highest BCUT2D eigenvalue weighted by molar-refractivity contribution is 6.52. The molecule has 0 saturated heterocycles. The van der Waals surface area contributed by atoms with Crippen molar-refractivity contribution in [2.75, 3.05) is 11.4 Å². The van der Waals surface area contributed by atoms with E-state index < -0.39 is 23.4 Å². The summed E-state index contributed by atoms with van der Waals surface area (Å²) in [7, 11) is 0. The number of hydrogen-bond acceptors (Lipinski definition) is 2. The Kier molecular flexibility index (Phi) is 3.36. The molecule has 0 aliphatic carbocycles. The summed E-state index contributed by atoms with van der Waals surface area (Å²) in [5.41, 5.74) is 0.141. The van der Waals surface area contributed by atoms with Crippen LogP contribution in [0.15, 0.2) is 29.8 Å². The zero-order chi connectivity index (χ0) is 14.2. The van der Waals surface area contributed by atoms with Crippen LogP contribution in [-0.4, -0.2) is 18.2 Å². The lowest BCUT2D eigenvalue weighted by molar-refractivity contribution is -0.137. The third kappa shape index (κ3) is 2.35. The minimum absolute atomic E-state index is 0.0342. The zero-order valence-electron chi connectivity index (χ0n) is 9.37. The average Bonchev–Trinajstić information content (AvgIpc) is 2.59. The molecule has 1 aromatic carbocycles. The van der Waals surface area contributed by atoms with Crippen LogP contribution in [0.5, 0.6) is 0 Å². The van der Waals surface area contributed by atoms with E-state index in [0.717, 1.165) is 17.0 Å². The van der Waals surface area contributed by atoms with Gasteiger partial charge in [-0.15, -0.1) is 0 Å². The van der Waals surface area contributed by atoms with Gasteiger partial charge in [0.15, 0.2) is 0 Å². The van der Waals surface area contributed by atoms with E-state index in [1.54, 1.807) is 0 Å². The maximum atomic E-state index is 12.5. The Balaban J connectivity index is 2.47. The molecule has 0 saturated carbocycles. The smallest absolute Gasteiger partial charge is 0.301 e. The van der Waals surface area contributed by atoms with Crippen LogP contribution in [0.25, 0.3) is 0 Å². The van der Waals surface area contributed by atoms with E-state index in [4.69, 9.17) is 11.6 Å². The van der Waals surface area contributed by atoms with Gasteiger partial charge in [0.1, 0.15) is 0 Å². The molecule has 7 heteroatoms. The minimum Gasteiger partial charge on any atom is -0.301 e. The van der Waals surface area contributed by atoms with Crippen molar-refractivity contribution in [2.24, 2.45) is 0 Å². The van der Waals surface area contributed by atoms with E-state index in [9.17, 15) is 22.8 Å². The number of rotatable bonds is 2. The fraction of sp³-hybridized carbons (Fsp3) is 0.167. The van der Waals surface area contributed by atoms with Gasteiger partial charge in [-0.3, -0.25) is 9.59 Å². The molecule has 0 bridgehead atoms. The summed E-state index contributed by atoms with van der Waals surface area (Å²) >= 11 is 5.32. The molecule has 0 atom stereocenters. The van der Waals surface area contributed by atoms with Crippen LogP contribution in [-0.2, 0) is 11.0 Å². The summed E-state index contributed by atoms with van der Waals surface area (Å²) < 4.78 is 37.6. The van der Waals surface area contributed by atoms with Crippen LogP contribution in [0.2, 0.25) is 0 Å². The Morgan fingerprint density at radius 2 is 1.95 bits per heavy atom. The first-order valence-corrected chi connectivity index (χ1v) is 5.62. The number of amides is 1. The Morgan fingerprint density at radius 1 is 1.26 bits per heavy atom. The van der Waals surface area contributed by atoms with Crippen LogP contribution in [0.4, 0.5) is 18.9 Å². The van der Waals surface area contributed by atoms with E-state index in [1.807, 2.05) is 0 Å². The molecule has 19 heavy (non-hydrogen) atoms. The number of benzene rings is 1. The van der Waals surface area contributed by atoms with E-state index >= 15 is 0 Å². The van der Waals surface area contributed by atoms with E-state index in [-0.39, 0.29) is 17.8 Å². The molecule has 2 rings (SSSR count). The van der Waals surface area contributed by atoms with Gasteiger partial charge in [-0.05, 0) is 18.2 Å². The molecule has 0 radical (unpaired) electrons. The van der Waals surface area contributed by atoms with Gasteiger partial charge >= 0.3 is 6.18 Å². The van der Waals surface area contributed by atoms with Crippen LogP contribution >= 0.6 is 11.6 Å². The number of ketones is 1. The summed E-state index contributed by atoms with van der Waals surface area (Å²) in [6.45, 7) is 0.0342. The predicted octanol–water partition coefficient (Wildman–Crippen LogP) is 2.99. The van der Waals surface area contributed by atoms with E-state index in [2.05, 4.69) is 0 Å². The molecule has 1 aliphatic heterocycles. The van der Waals surface area contributed by atoms with Crippen LogP contribution in [0, 0.1) is 0 Å². The van der Waals surface area contributed by atoms with Gasteiger partial charge in [-0.2, -0.15) is 13.2 Å². The summed E-state index contributed by atoms with van der Waals surface area (Å²) in [6, 6.07) is 2.64. The van der Waals surface area contributed by atoms with Gasteiger partial charge < -0.3 is 4.90 Å². The second-order valence-electron chi connectivity index (χ2n) is 3.84. The van der Waals surface area contributed by atoms with Crippen molar-refractivity contribution in [3.8, 4) is 0 Å². The number of anilines is 1. The van der Waals surface area contributed by atoms with Crippen molar-refractivity contribution in [1.29, 1.82) is 0 Å². The maximum absolute atomic E-state index is 12.5. The summed E-state index contributed by atoms with van der Waals surface area (Å²) in [5, 5.41) is 0. The van der Waals surface area contributed by atoms with Crippen molar-refractivity contribution >= 4 is 29.0 Å². The van der Waals surface area contributed by atoms with Gasteiger partial charge in [0.25, 0.3) is 11.7 Å². The molecule has 3 nitrogen and oxygen atoms in total. The van der Waals surface area contributed by atoms with Gasteiger partial charge in [0, 0.05) is 12.1 Å². The Labute approximate surface area is 111 Å². The van der Waals surface area contributed by atoms with Crippen LogP contribution < -0.4 is 4.90 Å². The van der Waals surface area contributed by atoms with Crippen molar-refractivity contribution in [3.05, 3.63) is 40.9 Å². The molecular weight excluding hydrogens is 283 g/mol. The molecule has 100 valence electrons. The molecule has 0 aromatic heterocycles. The Bertz CT molecular complexity index is 581. The second-order valence-corrected chi connectivity index (χ2v) is 4.09. The van der Waals surface area contributed by atoms with Crippen LogP contribution in [0.3, 0.4) is 0 Å². The van der Waals surface area contributed by atoms with Gasteiger partial charge in [-0.25, -0.2) is 0 Å². The van der Waals surface area contributed by atoms with Gasteiger partial charge in [0.05, 0.1) is 16.8 Å². The van der Waals surface area contributed by atoms with Crippen molar-refractivity contribution in [3.63, 3.8) is 0 Å². The summed E-state index contributed by atoms with van der Waals surface area (Å²) in [4.78, 5) is 24.4. The summed E-state index contributed by atoms with van der Waals surface area (Å²) in [6.07, 6.45) is -3.14. The first kappa shape index (κ1) is 13.6. The molecule has 0 unspecified atom stereocenters. The molecule has 1 amide bonds. The van der Waals surface area contributed by atoms with Gasteiger partial charge in [-0.1, -0.05) is 17.7 Å².